The van der Waals surface area contributed by atoms with Gasteiger partial charge in [-0.2, -0.15) is 8.78 Å². The molecule has 1 saturated heterocycles. The van der Waals surface area contributed by atoms with E-state index in [2.05, 4.69) is 10.3 Å². The summed E-state index contributed by atoms with van der Waals surface area (Å²) in [4.78, 5) is 18.8. The van der Waals surface area contributed by atoms with Gasteiger partial charge in [0.1, 0.15) is 11.7 Å². The number of aromatic nitrogens is 1. The highest BCUT2D eigenvalue weighted by Crippen LogP contribution is 2.34. The summed E-state index contributed by atoms with van der Waals surface area (Å²) in [7, 11) is 1.46. The first kappa shape index (κ1) is 23.4. The number of carbonyl (C=O) groups excluding carboxylic acids is 1. The Balaban J connectivity index is 1.56. The molecule has 33 heavy (non-hydrogen) atoms. The molecule has 0 spiro atoms. The van der Waals surface area contributed by atoms with Gasteiger partial charge in [0.2, 0.25) is 5.88 Å². The Kier molecular flexibility index (Phi) is 6.83. The average Bonchev–Trinajstić information content (AvgIpc) is 3.48. The summed E-state index contributed by atoms with van der Waals surface area (Å²) in [5.74, 6) is -5.95. The van der Waals surface area contributed by atoms with Gasteiger partial charge in [-0.05, 0) is 56.3 Å². The lowest BCUT2D eigenvalue weighted by Crippen LogP contribution is -2.50. The lowest BCUT2D eigenvalue weighted by atomic mass is 10.0. The normalized spacial score (nSPS) is 16.6. The fraction of sp³-hybridized carbons (Fsp3) is 0.391. The van der Waals surface area contributed by atoms with Gasteiger partial charge in [0.05, 0.1) is 13.2 Å². The number of rotatable bonds is 8. The number of halogens is 3. The van der Waals surface area contributed by atoms with E-state index in [-0.39, 0.29) is 12.1 Å². The van der Waals surface area contributed by atoms with Crippen LogP contribution in [0.5, 0.6) is 5.88 Å². The Bertz CT molecular complexity index is 1120. The number of hydrogen-bond acceptors (Lipinski definition) is 6. The predicted octanol–water partition coefficient (Wildman–Crippen LogP) is 3.90. The number of likely N-dealkylation sites (tertiary alicyclic amines) is 1. The van der Waals surface area contributed by atoms with E-state index in [4.69, 9.17) is 20.8 Å². The van der Waals surface area contributed by atoms with Gasteiger partial charge in [-0.1, -0.05) is 11.6 Å². The summed E-state index contributed by atoms with van der Waals surface area (Å²) in [6, 6.07) is 7.71. The van der Waals surface area contributed by atoms with Crippen molar-refractivity contribution < 1.29 is 27.8 Å². The van der Waals surface area contributed by atoms with Crippen molar-refractivity contribution in [2.75, 3.05) is 26.7 Å². The predicted molar refractivity (Wildman–Crippen MR) is 118 cm³/mol. The van der Waals surface area contributed by atoms with Gasteiger partial charge in [-0.3, -0.25) is 4.79 Å². The zero-order chi connectivity index (χ0) is 23.6. The third kappa shape index (κ3) is 5.10. The number of amides is 1. The van der Waals surface area contributed by atoms with Crippen LogP contribution in [0, 0.1) is 0 Å². The van der Waals surface area contributed by atoms with Gasteiger partial charge in [0.25, 0.3) is 5.91 Å². The van der Waals surface area contributed by atoms with E-state index < -0.39 is 29.7 Å². The van der Waals surface area contributed by atoms with Gasteiger partial charge in [0, 0.05) is 34.8 Å². The topological polar surface area (TPSA) is 87.8 Å². The molecule has 3 heterocycles. The first-order valence-electron chi connectivity index (χ1n) is 10.6. The maximum absolute atomic E-state index is 15.1. The highest BCUT2D eigenvalue weighted by atomic mass is 35.5. The molecule has 2 aromatic heterocycles. The summed E-state index contributed by atoms with van der Waals surface area (Å²) in [5, 5.41) is 14.0. The van der Waals surface area contributed by atoms with Crippen molar-refractivity contribution >= 4 is 28.5 Å². The Morgan fingerprint density at radius 2 is 2.06 bits per heavy atom. The lowest BCUT2D eigenvalue weighted by Gasteiger charge is -2.29. The molecule has 0 unspecified atom stereocenters. The van der Waals surface area contributed by atoms with E-state index in [0.29, 0.717) is 21.9 Å². The summed E-state index contributed by atoms with van der Waals surface area (Å²) in [5.41, 5.74) is 0.571. The lowest BCUT2D eigenvalue weighted by molar-refractivity contribution is -0.151. The van der Waals surface area contributed by atoms with Crippen molar-refractivity contribution in [2.24, 2.45) is 0 Å². The van der Waals surface area contributed by atoms with E-state index in [1.165, 1.54) is 31.5 Å². The van der Waals surface area contributed by atoms with E-state index in [1.54, 1.807) is 12.1 Å². The molecule has 176 valence electrons. The van der Waals surface area contributed by atoms with Crippen molar-refractivity contribution in [3.8, 4) is 5.88 Å². The number of benzene rings is 1. The number of methoxy groups -OCH3 is 1. The Morgan fingerprint density at radius 3 is 2.73 bits per heavy atom. The SMILES string of the molecule is COc1ccc([C@@H](O)[C@@H](CN2CCCC2)NC(=O)C(F)(F)c2cc3cc(Cl)ccc3o2)cn1. The van der Waals surface area contributed by atoms with Crippen molar-refractivity contribution in [2.45, 2.75) is 30.9 Å². The second-order valence-corrected chi connectivity index (χ2v) is 8.47. The quantitative estimate of drug-likeness (QED) is 0.509. The van der Waals surface area contributed by atoms with Crippen LogP contribution >= 0.6 is 11.6 Å². The molecule has 0 aliphatic carbocycles. The molecule has 1 aromatic carbocycles. The number of alkyl halides is 2. The minimum atomic E-state index is -3.95. The number of carbonyl (C=O) groups is 1. The van der Waals surface area contributed by atoms with Crippen molar-refractivity contribution in [3.63, 3.8) is 0 Å². The minimum Gasteiger partial charge on any atom is -0.481 e. The molecule has 1 fully saturated rings. The van der Waals surface area contributed by atoms with Crippen molar-refractivity contribution in [1.29, 1.82) is 0 Å². The Labute approximate surface area is 194 Å². The summed E-state index contributed by atoms with van der Waals surface area (Å²) in [6.07, 6.45) is 2.09. The zero-order valence-corrected chi connectivity index (χ0v) is 18.7. The molecule has 1 aliphatic heterocycles. The molecule has 10 heteroatoms. The number of pyridine rings is 1. The molecule has 1 aliphatic rings. The summed E-state index contributed by atoms with van der Waals surface area (Å²) < 4.78 is 40.4. The van der Waals surface area contributed by atoms with Crippen LogP contribution in [0.1, 0.15) is 30.3 Å². The number of furan rings is 1. The number of aliphatic hydroxyl groups is 1. The number of nitrogens with zero attached hydrogens (tertiary/aromatic N) is 2. The first-order chi connectivity index (χ1) is 15.8. The highest BCUT2D eigenvalue weighted by Gasteiger charge is 2.46. The molecule has 1 amide bonds. The molecular weight excluding hydrogens is 456 g/mol. The summed E-state index contributed by atoms with van der Waals surface area (Å²) in [6.45, 7) is 1.74. The smallest absolute Gasteiger partial charge is 0.380 e. The molecule has 4 rings (SSSR count). The Morgan fingerprint density at radius 1 is 1.30 bits per heavy atom. The van der Waals surface area contributed by atoms with Crippen LogP contribution in [-0.2, 0) is 10.7 Å². The third-order valence-electron chi connectivity index (χ3n) is 5.73. The monoisotopic (exact) mass is 479 g/mol. The average molecular weight is 480 g/mol. The number of fused-ring (bicyclic) bond motifs is 1. The molecule has 0 saturated carbocycles. The maximum atomic E-state index is 15.1. The molecule has 7 nitrogen and oxygen atoms in total. The van der Waals surface area contributed by atoms with Crippen LogP contribution in [0.2, 0.25) is 5.02 Å². The molecule has 0 radical (unpaired) electrons. The molecule has 0 bridgehead atoms. The second kappa shape index (κ2) is 9.62. The standard InChI is InChI=1S/C23H24ClF2N3O4/c1-32-20-7-4-14(12-27-20)21(30)17(13-29-8-2-3-9-29)28-22(31)23(25,26)19-11-15-10-16(24)5-6-18(15)33-19/h4-7,10-12,17,21,30H,2-3,8-9,13H2,1H3,(H,28,31)/t17-,21-/m1/s1. The molecule has 2 N–H and O–H groups in total. The third-order valence-corrected chi connectivity index (χ3v) is 5.97. The van der Waals surface area contributed by atoms with Gasteiger partial charge in [0.15, 0.2) is 5.76 Å². The fourth-order valence-electron chi connectivity index (χ4n) is 3.93. The van der Waals surface area contributed by atoms with Crippen LogP contribution in [0.15, 0.2) is 47.0 Å². The number of aliphatic hydroxyl groups excluding tert-OH is 1. The van der Waals surface area contributed by atoms with Crippen molar-refractivity contribution in [1.82, 2.24) is 15.2 Å². The van der Waals surface area contributed by atoms with E-state index >= 15 is 8.78 Å². The maximum Gasteiger partial charge on any atom is 0.380 e. The number of nitrogens with one attached hydrogen (secondary N) is 1. The number of hydrogen-bond donors (Lipinski definition) is 2. The van der Waals surface area contributed by atoms with Gasteiger partial charge >= 0.3 is 5.92 Å². The Hall–Kier alpha value is -2.75. The van der Waals surface area contributed by atoms with E-state index in [1.807, 2.05) is 4.90 Å². The van der Waals surface area contributed by atoms with Crippen LogP contribution in [0.4, 0.5) is 8.78 Å². The van der Waals surface area contributed by atoms with Gasteiger partial charge in [-0.15, -0.1) is 0 Å². The summed E-state index contributed by atoms with van der Waals surface area (Å²) >= 11 is 5.91. The second-order valence-electron chi connectivity index (χ2n) is 8.03. The number of ether oxygens (including phenoxy) is 1. The molecular formula is C23H24ClF2N3O4. The molecule has 2 atom stereocenters. The zero-order valence-electron chi connectivity index (χ0n) is 17.9. The van der Waals surface area contributed by atoms with E-state index in [0.717, 1.165) is 32.0 Å². The first-order valence-corrected chi connectivity index (χ1v) is 10.9. The highest BCUT2D eigenvalue weighted by molar-refractivity contribution is 6.31. The van der Waals surface area contributed by atoms with E-state index in [9.17, 15) is 9.90 Å². The van der Waals surface area contributed by atoms with Crippen LogP contribution < -0.4 is 10.1 Å². The van der Waals surface area contributed by atoms with Crippen LogP contribution in [0.25, 0.3) is 11.0 Å². The minimum absolute atomic E-state index is 0.194. The molecule has 3 aromatic rings. The van der Waals surface area contributed by atoms with Crippen LogP contribution in [-0.4, -0.2) is 53.7 Å². The van der Waals surface area contributed by atoms with Crippen LogP contribution in [0.3, 0.4) is 0 Å². The van der Waals surface area contributed by atoms with Crippen molar-refractivity contribution in [3.05, 3.63) is 58.9 Å². The largest absolute Gasteiger partial charge is 0.481 e. The fourth-order valence-corrected chi connectivity index (χ4v) is 4.11. The van der Waals surface area contributed by atoms with Gasteiger partial charge < -0.3 is 24.5 Å². The van der Waals surface area contributed by atoms with Gasteiger partial charge in [-0.25, -0.2) is 4.98 Å².